The number of para-hydroxylation sites is 2. The molecular weight excluding hydrogens is 331 g/mol. The van der Waals surface area contributed by atoms with Crippen LogP contribution in [-0.2, 0) is 9.09 Å². The van der Waals surface area contributed by atoms with Crippen LogP contribution in [0.1, 0.15) is 11.1 Å². The number of benzene rings is 2. The van der Waals surface area contributed by atoms with Crippen LogP contribution >= 0.6 is 7.82 Å². The normalized spacial score (nSPS) is 12.7. The summed E-state index contributed by atoms with van der Waals surface area (Å²) < 4.78 is 27.1. The van der Waals surface area contributed by atoms with E-state index in [1.54, 1.807) is 6.07 Å². The van der Waals surface area contributed by atoms with E-state index in [1.807, 2.05) is 56.3 Å². The van der Waals surface area contributed by atoms with E-state index in [4.69, 9.17) is 19.3 Å². The molecule has 2 rings (SSSR count). The first-order valence-corrected chi connectivity index (χ1v) is 8.99. The van der Waals surface area contributed by atoms with Gasteiger partial charge < -0.3 is 19.3 Å². The van der Waals surface area contributed by atoms with Crippen LogP contribution in [0.25, 0.3) is 0 Å². The fraction of sp³-hybridized carbons (Fsp3) is 0.294. The van der Waals surface area contributed by atoms with Crippen molar-refractivity contribution in [1.29, 1.82) is 0 Å². The molecule has 0 fully saturated rings. The molecule has 0 bridgehead atoms. The summed E-state index contributed by atoms with van der Waals surface area (Å²) in [4.78, 5) is 17.8. The minimum Gasteiger partial charge on any atom is -0.489 e. The van der Waals surface area contributed by atoms with Gasteiger partial charge in [-0.15, -0.1) is 0 Å². The van der Waals surface area contributed by atoms with E-state index in [-0.39, 0.29) is 13.2 Å². The van der Waals surface area contributed by atoms with Gasteiger partial charge in [0.25, 0.3) is 0 Å². The maximum absolute atomic E-state index is 11.0. The number of phosphoric ester groups is 1. The molecule has 0 heterocycles. The lowest BCUT2D eigenvalue weighted by Crippen LogP contribution is -2.30. The maximum Gasteiger partial charge on any atom is 0.469 e. The zero-order valence-electron chi connectivity index (χ0n) is 13.6. The fourth-order valence-electron chi connectivity index (χ4n) is 2.07. The molecule has 0 saturated heterocycles. The Hall–Kier alpha value is -1.85. The molecule has 0 aliphatic heterocycles. The Morgan fingerprint density at radius 2 is 1.46 bits per heavy atom. The molecule has 0 amide bonds. The van der Waals surface area contributed by atoms with E-state index in [2.05, 4.69) is 4.52 Å². The third-order valence-corrected chi connectivity index (χ3v) is 3.82. The standard InChI is InChI=1S/C17H21O6P/c1-13-7-3-5-9-16(13)21-11-15(12-22-24(18,19)20)23-17-10-6-4-8-14(17)2/h3-10,15H,11-12H2,1-2H3,(H2,18,19,20)/t15-/m1/s1. The number of ether oxygens (including phenoxy) is 2. The first-order chi connectivity index (χ1) is 11.3. The molecule has 2 aromatic rings. The van der Waals surface area contributed by atoms with Crippen LogP contribution in [-0.4, -0.2) is 29.1 Å². The summed E-state index contributed by atoms with van der Waals surface area (Å²) in [7, 11) is -4.58. The third kappa shape index (κ3) is 5.98. The number of aryl methyl sites for hydroxylation is 2. The van der Waals surface area contributed by atoms with Crippen LogP contribution in [0.5, 0.6) is 11.5 Å². The van der Waals surface area contributed by atoms with Gasteiger partial charge in [-0.25, -0.2) is 4.57 Å². The summed E-state index contributed by atoms with van der Waals surface area (Å²) in [6.07, 6.45) is -0.668. The van der Waals surface area contributed by atoms with E-state index in [1.165, 1.54) is 0 Å². The van der Waals surface area contributed by atoms with Crippen LogP contribution in [0.3, 0.4) is 0 Å². The van der Waals surface area contributed by atoms with Gasteiger partial charge in [0.05, 0.1) is 6.61 Å². The molecule has 6 nitrogen and oxygen atoms in total. The second kappa shape index (κ2) is 8.31. The van der Waals surface area contributed by atoms with Crippen molar-refractivity contribution in [2.75, 3.05) is 13.2 Å². The Balaban J connectivity index is 2.06. The Kier molecular flexibility index (Phi) is 6.40. The molecule has 0 aromatic heterocycles. The molecule has 7 heteroatoms. The van der Waals surface area contributed by atoms with Gasteiger partial charge in [0.15, 0.2) is 6.10 Å². The fourth-order valence-corrected chi connectivity index (χ4v) is 2.43. The molecular formula is C17H21O6P. The van der Waals surface area contributed by atoms with Crippen molar-refractivity contribution in [3.8, 4) is 11.5 Å². The number of rotatable bonds is 8. The Morgan fingerprint density at radius 3 is 2.00 bits per heavy atom. The van der Waals surface area contributed by atoms with E-state index in [0.29, 0.717) is 11.5 Å². The molecule has 0 spiro atoms. The lowest BCUT2D eigenvalue weighted by Gasteiger charge is -2.21. The first-order valence-electron chi connectivity index (χ1n) is 7.46. The highest BCUT2D eigenvalue weighted by molar-refractivity contribution is 7.46. The quantitative estimate of drug-likeness (QED) is 0.710. The molecule has 0 unspecified atom stereocenters. The predicted molar refractivity (Wildman–Crippen MR) is 90.3 cm³/mol. The number of hydrogen-bond donors (Lipinski definition) is 2. The minimum atomic E-state index is -4.58. The highest BCUT2D eigenvalue weighted by Gasteiger charge is 2.21. The zero-order valence-corrected chi connectivity index (χ0v) is 14.5. The summed E-state index contributed by atoms with van der Waals surface area (Å²) in [5, 5.41) is 0. The Bertz CT molecular complexity index is 712. The monoisotopic (exact) mass is 352 g/mol. The number of hydrogen-bond acceptors (Lipinski definition) is 4. The van der Waals surface area contributed by atoms with Gasteiger partial charge in [-0.3, -0.25) is 4.52 Å². The average Bonchev–Trinajstić information content (AvgIpc) is 2.52. The molecule has 2 N–H and O–H groups in total. The molecule has 1 atom stereocenters. The lowest BCUT2D eigenvalue weighted by molar-refractivity contribution is 0.0655. The van der Waals surface area contributed by atoms with Crippen molar-refractivity contribution in [2.45, 2.75) is 20.0 Å². The highest BCUT2D eigenvalue weighted by atomic mass is 31.2. The van der Waals surface area contributed by atoms with Crippen LogP contribution in [0.2, 0.25) is 0 Å². The van der Waals surface area contributed by atoms with Gasteiger partial charge in [0.2, 0.25) is 0 Å². The van der Waals surface area contributed by atoms with Crippen molar-refractivity contribution < 1.29 is 28.3 Å². The minimum absolute atomic E-state index is 0.0964. The molecule has 0 aliphatic rings. The van der Waals surface area contributed by atoms with Crippen molar-refractivity contribution in [3.63, 3.8) is 0 Å². The van der Waals surface area contributed by atoms with E-state index in [9.17, 15) is 4.57 Å². The van der Waals surface area contributed by atoms with Gasteiger partial charge >= 0.3 is 7.82 Å². The van der Waals surface area contributed by atoms with Gasteiger partial charge in [-0.1, -0.05) is 36.4 Å². The molecule has 24 heavy (non-hydrogen) atoms. The van der Waals surface area contributed by atoms with E-state index >= 15 is 0 Å². The highest BCUT2D eigenvalue weighted by Crippen LogP contribution is 2.36. The largest absolute Gasteiger partial charge is 0.489 e. The van der Waals surface area contributed by atoms with Gasteiger partial charge in [-0.05, 0) is 37.1 Å². The molecule has 0 saturated carbocycles. The third-order valence-electron chi connectivity index (χ3n) is 3.33. The van der Waals surface area contributed by atoms with Crippen molar-refractivity contribution in [2.24, 2.45) is 0 Å². The van der Waals surface area contributed by atoms with Crippen LogP contribution in [0, 0.1) is 13.8 Å². The second-order valence-electron chi connectivity index (χ2n) is 5.37. The second-order valence-corrected chi connectivity index (χ2v) is 6.61. The smallest absolute Gasteiger partial charge is 0.469 e. The van der Waals surface area contributed by atoms with E-state index in [0.717, 1.165) is 11.1 Å². The first kappa shape index (κ1) is 18.5. The summed E-state index contributed by atoms with van der Waals surface area (Å²) in [5.74, 6) is 1.30. The molecule has 2 aromatic carbocycles. The zero-order chi connectivity index (χ0) is 17.6. The molecule has 0 radical (unpaired) electrons. The summed E-state index contributed by atoms with van der Waals surface area (Å²) in [5.41, 5.74) is 1.87. The Labute approximate surface area is 141 Å². The Morgan fingerprint density at radius 1 is 0.917 bits per heavy atom. The van der Waals surface area contributed by atoms with Crippen LogP contribution in [0.4, 0.5) is 0 Å². The summed E-state index contributed by atoms with van der Waals surface area (Å²) in [6, 6.07) is 14.9. The van der Waals surface area contributed by atoms with Gasteiger partial charge in [-0.2, -0.15) is 0 Å². The van der Waals surface area contributed by atoms with Crippen molar-refractivity contribution in [3.05, 3.63) is 59.7 Å². The molecule has 130 valence electrons. The maximum atomic E-state index is 11.0. The number of phosphoric acid groups is 1. The average molecular weight is 352 g/mol. The van der Waals surface area contributed by atoms with Crippen molar-refractivity contribution >= 4 is 7.82 Å². The lowest BCUT2D eigenvalue weighted by atomic mass is 10.2. The van der Waals surface area contributed by atoms with Crippen molar-refractivity contribution in [1.82, 2.24) is 0 Å². The van der Waals surface area contributed by atoms with Gasteiger partial charge in [0.1, 0.15) is 18.1 Å². The van der Waals surface area contributed by atoms with E-state index < -0.39 is 13.9 Å². The van der Waals surface area contributed by atoms with Crippen LogP contribution in [0.15, 0.2) is 48.5 Å². The predicted octanol–water partition coefficient (Wildman–Crippen LogP) is 3.24. The topological polar surface area (TPSA) is 85.2 Å². The SMILES string of the molecule is Cc1ccccc1OC[C@H](COP(=O)(O)O)Oc1ccccc1C. The summed E-state index contributed by atoms with van der Waals surface area (Å²) in [6.45, 7) is 3.61. The summed E-state index contributed by atoms with van der Waals surface area (Å²) >= 11 is 0. The van der Waals surface area contributed by atoms with Crippen LogP contribution < -0.4 is 9.47 Å². The van der Waals surface area contributed by atoms with Gasteiger partial charge in [0, 0.05) is 0 Å². The molecule has 0 aliphatic carbocycles.